The number of nitrogens with zero attached hydrogens (tertiary/aromatic N) is 2. The largest absolute Gasteiger partial charge is 0.490 e. The molecule has 33 heavy (non-hydrogen) atoms. The fourth-order valence-corrected chi connectivity index (χ4v) is 5.00. The molecule has 0 saturated heterocycles. The van der Waals surface area contributed by atoms with E-state index in [2.05, 4.69) is 30.9 Å². The van der Waals surface area contributed by atoms with Gasteiger partial charge in [-0.3, -0.25) is 15.0 Å². The van der Waals surface area contributed by atoms with E-state index in [0.717, 1.165) is 16.9 Å². The third-order valence-electron chi connectivity index (χ3n) is 6.63. The highest BCUT2D eigenvalue weighted by atomic mass is 16.6. The number of ether oxygens (including phenoxy) is 3. The second-order valence-corrected chi connectivity index (χ2v) is 8.57. The third-order valence-corrected chi connectivity index (χ3v) is 6.63. The molecule has 0 amide bonds. The van der Waals surface area contributed by atoms with Gasteiger partial charge in [-0.05, 0) is 49.8 Å². The van der Waals surface area contributed by atoms with Crippen molar-refractivity contribution >= 4 is 23.1 Å². The number of nitro groups is 1. The van der Waals surface area contributed by atoms with Gasteiger partial charge in [0.2, 0.25) is 17.2 Å². The van der Waals surface area contributed by atoms with Crippen molar-refractivity contribution in [3.8, 4) is 17.2 Å². The maximum Gasteiger partial charge on any atom is 0.353 e. The zero-order valence-corrected chi connectivity index (χ0v) is 18.9. The Hall–Kier alpha value is -4.00. The van der Waals surface area contributed by atoms with Crippen LogP contribution in [0.15, 0.2) is 66.7 Å². The van der Waals surface area contributed by atoms with E-state index in [9.17, 15) is 10.1 Å². The molecule has 3 aromatic carbocycles. The van der Waals surface area contributed by atoms with E-state index in [-0.39, 0.29) is 17.2 Å². The molecule has 168 valence electrons. The maximum atomic E-state index is 11.8. The normalized spacial score (nSPS) is 19.6. The van der Waals surface area contributed by atoms with Crippen LogP contribution in [0.1, 0.15) is 25.0 Å². The summed E-state index contributed by atoms with van der Waals surface area (Å²) in [4.78, 5) is 13.4. The van der Waals surface area contributed by atoms with E-state index >= 15 is 0 Å². The number of nitro benzene ring substituents is 1. The van der Waals surface area contributed by atoms with E-state index in [1.165, 1.54) is 14.2 Å². The zero-order valence-electron chi connectivity index (χ0n) is 18.9. The third kappa shape index (κ3) is 2.75. The molecule has 2 aliphatic rings. The Morgan fingerprint density at radius 3 is 2.36 bits per heavy atom. The van der Waals surface area contributed by atoms with Crippen molar-refractivity contribution in [1.29, 1.82) is 0 Å². The Kier molecular flexibility index (Phi) is 4.60. The van der Waals surface area contributed by atoms with Crippen molar-refractivity contribution in [2.24, 2.45) is 0 Å². The molecule has 3 aromatic rings. The molecule has 0 fully saturated rings. The van der Waals surface area contributed by atoms with Gasteiger partial charge in [0, 0.05) is 17.4 Å². The van der Waals surface area contributed by atoms with Gasteiger partial charge in [-0.15, -0.1) is 0 Å². The van der Waals surface area contributed by atoms with Gasteiger partial charge in [-0.2, -0.15) is 0 Å². The Balaban J connectivity index is 1.77. The van der Waals surface area contributed by atoms with Gasteiger partial charge in [0.25, 0.3) is 0 Å². The molecule has 1 atom stereocenters. The van der Waals surface area contributed by atoms with E-state index in [1.54, 1.807) is 6.07 Å². The number of para-hydroxylation sites is 2. The summed E-state index contributed by atoms with van der Waals surface area (Å²) in [6, 6.07) is 19.9. The first kappa shape index (κ1) is 20.9. The molecular weight excluding hydrogens is 420 g/mol. The monoisotopic (exact) mass is 444 g/mol. The Bertz CT molecular complexity index is 1290. The van der Waals surface area contributed by atoms with Crippen LogP contribution in [-0.2, 0) is 5.41 Å². The molecule has 0 aliphatic carbocycles. The first-order chi connectivity index (χ1) is 15.9. The minimum absolute atomic E-state index is 0.0839. The van der Waals surface area contributed by atoms with E-state index in [1.807, 2.05) is 54.6 Å². The lowest BCUT2D eigenvalue weighted by molar-refractivity contribution is -0.386. The smallest absolute Gasteiger partial charge is 0.353 e. The van der Waals surface area contributed by atoms with Crippen LogP contribution in [0.4, 0.5) is 17.1 Å². The van der Waals surface area contributed by atoms with Crippen LogP contribution in [0.3, 0.4) is 0 Å². The number of fused-ring (bicyclic) bond motifs is 2. The molecule has 0 saturated carbocycles. The summed E-state index contributed by atoms with van der Waals surface area (Å²) in [5.41, 5.74) is 2.06. The SMILES string of the molecule is COc1cc2c(c(OC)c1[N+](=O)[O-])C=CC1(O2)N(c2ccccc2)c2ccccc2C1(C)C. The highest BCUT2D eigenvalue weighted by Crippen LogP contribution is 2.59. The van der Waals surface area contributed by atoms with Crippen molar-refractivity contribution in [3.05, 3.63) is 88.0 Å². The van der Waals surface area contributed by atoms with E-state index in [4.69, 9.17) is 14.2 Å². The van der Waals surface area contributed by atoms with Crippen LogP contribution in [0, 0.1) is 10.1 Å². The van der Waals surface area contributed by atoms with Crippen LogP contribution in [-0.4, -0.2) is 24.9 Å². The van der Waals surface area contributed by atoms with Crippen LogP contribution in [0.5, 0.6) is 17.2 Å². The van der Waals surface area contributed by atoms with Gasteiger partial charge < -0.3 is 14.2 Å². The highest BCUT2D eigenvalue weighted by molar-refractivity contribution is 5.82. The lowest BCUT2D eigenvalue weighted by Crippen LogP contribution is -2.57. The molecule has 0 N–H and O–H groups in total. The number of rotatable bonds is 4. The summed E-state index contributed by atoms with van der Waals surface area (Å²) >= 11 is 0. The molecule has 5 rings (SSSR count). The number of hydrogen-bond acceptors (Lipinski definition) is 6. The summed E-state index contributed by atoms with van der Waals surface area (Å²) in [5, 5.41) is 11.8. The second kappa shape index (κ2) is 7.27. The predicted molar refractivity (Wildman–Crippen MR) is 127 cm³/mol. The lowest BCUT2D eigenvalue weighted by Gasteiger charge is -2.47. The Morgan fingerprint density at radius 1 is 1.00 bits per heavy atom. The van der Waals surface area contributed by atoms with Crippen LogP contribution in [0.25, 0.3) is 6.08 Å². The van der Waals surface area contributed by atoms with Gasteiger partial charge in [0.15, 0.2) is 0 Å². The van der Waals surface area contributed by atoms with Crippen LogP contribution in [0.2, 0.25) is 0 Å². The molecule has 7 heteroatoms. The van der Waals surface area contributed by atoms with Crippen molar-refractivity contribution in [3.63, 3.8) is 0 Å². The molecule has 1 spiro atoms. The maximum absolute atomic E-state index is 11.8. The molecule has 2 aliphatic heterocycles. The standard InChI is InChI=1S/C26H24N2O5/c1-25(2)19-12-8-9-13-20(19)27(17-10-6-5-7-11-17)26(25)15-14-18-21(33-26)16-22(31-3)23(28(29)30)24(18)32-4/h5-16H,1-4H3. The molecule has 2 heterocycles. The van der Waals surface area contributed by atoms with Gasteiger partial charge in [-0.25, -0.2) is 0 Å². The van der Waals surface area contributed by atoms with Crippen LogP contribution >= 0.6 is 0 Å². The fourth-order valence-electron chi connectivity index (χ4n) is 5.00. The molecule has 0 bridgehead atoms. The average molecular weight is 444 g/mol. The van der Waals surface area contributed by atoms with Crippen molar-refractivity contribution in [2.45, 2.75) is 25.0 Å². The topological polar surface area (TPSA) is 74.1 Å². The number of benzene rings is 3. The zero-order chi connectivity index (χ0) is 23.4. The molecule has 0 radical (unpaired) electrons. The number of methoxy groups -OCH3 is 2. The highest BCUT2D eigenvalue weighted by Gasteiger charge is 2.59. The summed E-state index contributed by atoms with van der Waals surface area (Å²) in [7, 11) is 2.81. The summed E-state index contributed by atoms with van der Waals surface area (Å²) < 4.78 is 17.6. The number of hydrogen-bond donors (Lipinski definition) is 0. The van der Waals surface area contributed by atoms with Crippen molar-refractivity contribution < 1.29 is 19.1 Å². The lowest BCUT2D eigenvalue weighted by atomic mass is 9.76. The van der Waals surface area contributed by atoms with E-state index in [0.29, 0.717) is 11.3 Å². The minimum atomic E-state index is -0.919. The first-order valence-electron chi connectivity index (χ1n) is 10.6. The van der Waals surface area contributed by atoms with Crippen LogP contribution < -0.4 is 19.1 Å². The minimum Gasteiger partial charge on any atom is -0.490 e. The van der Waals surface area contributed by atoms with Gasteiger partial charge in [0.1, 0.15) is 5.75 Å². The quantitative estimate of drug-likeness (QED) is 0.372. The van der Waals surface area contributed by atoms with Crippen molar-refractivity contribution in [1.82, 2.24) is 0 Å². The molecule has 1 unspecified atom stereocenters. The summed E-state index contributed by atoms with van der Waals surface area (Å²) in [6.45, 7) is 4.29. The van der Waals surface area contributed by atoms with E-state index < -0.39 is 16.1 Å². The number of anilines is 2. The molecular formula is C26H24N2O5. The molecule has 0 aromatic heterocycles. The summed E-state index contributed by atoms with van der Waals surface area (Å²) in [5.74, 6) is 0.652. The van der Waals surface area contributed by atoms with Gasteiger partial charge in [-0.1, -0.05) is 36.4 Å². The average Bonchev–Trinajstić information content (AvgIpc) is 3.01. The van der Waals surface area contributed by atoms with Crippen molar-refractivity contribution in [2.75, 3.05) is 19.1 Å². The first-order valence-corrected chi connectivity index (χ1v) is 10.6. The Labute approximate surface area is 192 Å². The predicted octanol–water partition coefficient (Wildman–Crippen LogP) is 5.84. The Morgan fingerprint density at radius 2 is 1.70 bits per heavy atom. The van der Waals surface area contributed by atoms with Gasteiger partial charge in [0.05, 0.1) is 30.1 Å². The molecule has 7 nitrogen and oxygen atoms in total. The van der Waals surface area contributed by atoms with Gasteiger partial charge >= 0.3 is 5.69 Å². The second-order valence-electron chi connectivity index (χ2n) is 8.57. The fraction of sp³-hybridized carbons (Fsp3) is 0.231. The summed E-state index contributed by atoms with van der Waals surface area (Å²) in [6.07, 6.45) is 3.83.